The predicted octanol–water partition coefficient (Wildman–Crippen LogP) is 3.49. The molecule has 0 saturated carbocycles. The first-order chi connectivity index (χ1) is 8.44. The first-order valence-corrected chi connectivity index (χ1v) is 6.37. The molecule has 0 amide bonds. The summed E-state index contributed by atoms with van der Waals surface area (Å²) in [6.07, 6.45) is 1.93. The highest BCUT2D eigenvalue weighted by Crippen LogP contribution is 2.21. The third-order valence-electron chi connectivity index (χ3n) is 2.97. The Balaban J connectivity index is 2.41. The number of nitrogens with zero attached hydrogens (tertiary/aromatic N) is 2. The topological polar surface area (TPSA) is 39.1 Å². The molecular formula is C15H23N3. The molecule has 0 bridgehead atoms. The molecule has 0 aliphatic rings. The van der Waals surface area contributed by atoms with Crippen molar-refractivity contribution < 1.29 is 0 Å². The van der Waals surface area contributed by atoms with Crippen LogP contribution < -0.4 is 10.2 Å². The molecule has 0 saturated heterocycles. The normalized spacial score (nSPS) is 10.8. The van der Waals surface area contributed by atoms with Gasteiger partial charge in [0.05, 0.1) is 11.5 Å². The zero-order valence-electron chi connectivity index (χ0n) is 11.8. The van der Waals surface area contributed by atoms with E-state index < -0.39 is 0 Å². The molecule has 1 rings (SSSR count). The fourth-order valence-corrected chi connectivity index (χ4v) is 1.71. The van der Waals surface area contributed by atoms with Gasteiger partial charge in [-0.15, -0.1) is 0 Å². The van der Waals surface area contributed by atoms with Crippen molar-refractivity contribution in [2.24, 2.45) is 5.41 Å². The SMILES string of the molecule is CN(C)c1cccc(NCCCC(C)(C)C#N)c1. The molecule has 0 spiro atoms. The Bertz CT molecular complexity index is 416. The van der Waals surface area contributed by atoms with Gasteiger partial charge in [0.25, 0.3) is 0 Å². The van der Waals surface area contributed by atoms with Crippen LogP contribution in [0.1, 0.15) is 26.7 Å². The van der Waals surface area contributed by atoms with Crippen LogP contribution in [0, 0.1) is 16.7 Å². The summed E-state index contributed by atoms with van der Waals surface area (Å²) in [4.78, 5) is 2.09. The maximum Gasteiger partial charge on any atom is 0.0683 e. The number of nitrogens with one attached hydrogen (secondary N) is 1. The number of nitriles is 1. The van der Waals surface area contributed by atoms with Crippen molar-refractivity contribution in [2.45, 2.75) is 26.7 Å². The van der Waals surface area contributed by atoms with Gasteiger partial charge in [-0.2, -0.15) is 5.26 Å². The molecule has 3 heteroatoms. The standard InChI is InChI=1S/C15H23N3/c1-15(2,12-16)9-6-10-17-13-7-5-8-14(11-13)18(3)4/h5,7-8,11,17H,6,9-10H2,1-4H3. The van der Waals surface area contributed by atoms with Gasteiger partial charge in [0.1, 0.15) is 0 Å². The van der Waals surface area contributed by atoms with Gasteiger partial charge in [-0.25, -0.2) is 0 Å². The lowest BCUT2D eigenvalue weighted by Crippen LogP contribution is -2.12. The van der Waals surface area contributed by atoms with Crippen molar-refractivity contribution in [2.75, 3.05) is 30.9 Å². The van der Waals surface area contributed by atoms with E-state index in [4.69, 9.17) is 5.26 Å². The third-order valence-corrected chi connectivity index (χ3v) is 2.97. The van der Waals surface area contributed by atoms with E-state index in [2.05, 4.69) is 40.6 Å². The van der Waals surface area contributed by atoms with E-state index in [-0.39, 0.29) is 5.41 Å². The average molecular weight is 245 g/mol. The van der Waals surface area contributed by atoms with Crippen molar-refractivity contribution in [3.63, 3.8) is 0 Å². The zero-order chi connectivity index (χ0) is 13.6. The van der Waals surface area contributed by atoms with Gasteiger partial charge in [-0.3, -0.25) is 0 Å². The molecule has 0 radical (unpaired) electrons. The molecule has 3 nitrogen and oxygen atoms in total. The van der Waals surface area contributed by atoms with E-state index in [1.54, 1.807) is 0 Å². The number of rotatable bonds is 6. The Morgan fingerprint density at radius 1 is 1.33 bits per heavy atom. The van der Waals surface area contributed by atoms with Gasteiger partial charge in [0, 0.05) is 32.0 Å². The minimum atomic E-state index is -0.215. The van der Waals surface area contributed by atoms with Gasteiger partial charge in [-0.05, 0) is 44.9 Å². The van der Waals surface area contributed by atoms with Gasteiger partial charge in [-0.1, -0.05) is 6.07 Å². The fourth-order valence-electron chi connectivity index (χ4n) is 1.71. The molecule has 0 aliphatic carbocycles. The number of hydrogen-bond acceptors (Lipinski definition) is 3. The largest absolute Gasteiger partial charge is 0.385 e. The van der Waals surface area contributed by atoms with Crippen molar-refractivity contribution in [3.8, 4) is 6.07 Å². The second-order valence-electron chi connectivity index (χ2n) is 5.47. The maximum absolute atomic E-state index is 8.93. The van der Waals surface area contributed by atoms with E-state index in [0.29, 0.717) is 0 Å². The Labute approximate surface area is 110 Å². The van der Waals surface area contributed by atoms with Crippen LogP contribution in [0.2, 0.25) is 0 Å². The van der Waals surface area contributed by atoms with Gasteiger partial charge in [0.15, 0.2) is 0 Å². The predicted molar refractivity (Wildman–Crippen MR) is 77.9 cm³/mol. The summed E-state index contributed by atoms with van der Waals surface area (Å²) in [5.41, 5.74) is 2.11. The van der Waals surface area contributed by atoms with Crippen LogP contribution in [0.15, 0.2) is 24.3 Å². The van der Waals surface area contributed by atoms with Gasteiger partial charge in [0.2, 0.25) is 0 Å². The summed E-state index contributed by atoms with van der Waals surface area (Å²) >= 11 is 0. The molecule has 0 aromatic heterocycles. The van der Waals surface area contributed by atoms with Crippen LogP contribution in [0.25, 0.3) is 0 Å². The molecular weight excluding hydrogens is 222 g/mol. The third kappa shape index (κ3) is 4.67. The molecule has 1 N–H and O–H groups in total. The molecule has 0 atom stereocenters. The molecule has 1 aromatic carbocycles. The Kier molecular flexibility index (Phi) is 5.03. The first kappa shape index (κ1) is 14.4. The fraction of sp³-hybridized carbons (Fsp3) is 0.533. The van der Waals surface area contributed by atoms with E-state index in [1.165, 1.54) is 5.69 Å². The monoisotopic (exact) mass is 245 g/mol. The van der Waals surface area contributed by atoms with Crippen molar-refractivity contribution >= 4 is 11.4 Å². The second kappa shape index (κ2) is 6.30. The van der Waals surface area contributed by atoms with E-state index in [0.717, 1.165) is 25.1 Å². The summed E-state index contributed by atoms with van der Waals surface area (Å²) in [5.74, 6) is 0. The Morgan fingerprint density at radius 3 is 2.67 bits per heavy atom. The van der Waals surface area contributed by atoms with Crippen LogP contribution in [0.4, 0.5) is 11.4 Å². The lowest BCUT2D eigenvalue weighted by molar-refractivity contribution is 0.441. The lowest BCUT2D eigenvalue weighted by Gasteiger charge is -2.16. The molecule has 98 valence electrons. The minimum absolute atomic E-state index is 0.215. The maximum atomic E-state index is 8.93. The van der Waals surface area contributed by atoms with Crippen molar-refractivity contribution in [3.05, 3.63) is 24.3 Å². The van der Waals surface area contributed by atoms with Crippen LogP contribution >= 0.6 is 0 Å². The Hall–Kier alpha value is -1.69. The molecule has 18 heavy (non-hydrogen) atoms. The molecule has 0 unspecified atom stereocenters. The zero-order valence-corrected chi connectivity index (χ0v) is 11.8. The highest BCUT2D eigenvalue weighted by atomic mass is 15.1. The number of benzene rings is 1. The van der Waals surface area contributed by atoms with Crippen LogP contribution in [-0.4, -0.2) is 20.6 Å². The molecule has 0 aliphatic heterocycles. The highest BCUT2D eigenvalue weighted by Gasteiger charge is 2.15. The van der Waals surface area contributed by atoms with E-state index in [1.807, 2.05) is 27.9 Å². The molecule has 0 heterocycles. The van der Waals surface area contributed by atoms with Crippen LogP contribution in [0.3, 0.4) is 0 Å². The van der Waals surface area contributed by atoms with Gasteiger partial charge >= 0.3 is 0 Å². The number of hydrogen-bond donors (Lipinski definition) is 1. The molecule has 1 aromatic rings. The van der Waals surface area contributed by atoms with Crippen molar-refractivity contribution in [1.82, 2.24) is 0 Å². The number of anilines is 2. The minimum Gasteiger partial charge on any atom is -0.385 e. The summed E-state index contributed by atoms with van der Waals surface area (Å²) in [6.45, 7) is 4.88. The Morgan fingerprint density at radius 2 is 2.06 bits per heavy atom. The van der Waals surface area contributed by atoms with E-state index >= 15 is 0 Å². The van der Waals surface area contributed by atoms with Crippen LogP contribution in [0.5, 0.6) is 0 Å². The summed E-state index contributed by atoms with van der Waals surface area (Å²) in [6, 6.07) is 10.7. The average Bonchev–Trinajstić information content (AvgIpc) is 2.35. The highest BCUT2D eigenvalue weighted by molar-refractivity contribution is 5.57. The summed E-state index contributed by atoms with van der Waals surface area (Å²) in [7, 11) is 4.07. The first-order valence-electron chi connectivity index (χ1n) is 6.37. The summed E-state index contributed by atoms with van der Waals surface area (Å²) < 4.78 is 0. The summed E-state index contributed by atoms with van der Waals surface area (Å²) in [5, 5.41) is 12.3. The molecule has 0 fully saturated rings. The quantitative estimate of drug-likeness (QED) is 0.780. The second-order valence-corrected chi connectivity index (χ2v) is 5.47. The van der Waals surface area contributed by atoms with Gasteiger partial charge < -0.3 is 10.2 Å². The smallest absolute Gasteiger partial charge is 0.0683 e. The lowest BCUT2D eigenvalue weighted by atomic mass is 9.90. The van der Waals surface area contributed by atoms with Crippen LogP contribution in [-0.2, 0) is 0 Å². The van der Waals surface area contributed by atoms with E-state index in [9.17, 15) is 0 Å². The van der Waals surface area contributed by atoms with Crippen molar-refractivity contribution in [1.29, 1.82) is 5.26 Å².